The number of benzene rings is 1. The number of hydrogen-bond donors (Lipinski definition) is 2. The summed E-state index contributed by atoms with van der Waals surface area (Å²) in [5.41, 5.74) is 1.25. The van der Waals surface area contributed by atoms with Crippen LogP contribution in [0.15, 0.2) is 52.1 Å². The molecule has 1 aromatic carbocycles. The molecule has 0 aliphatic heterocycles. The van der Waals surface area contributed by atoms with E-state index in [0.29, 0.717) is 11.3 Å². The highest BCUT2D eigenvalue weighted by molar-refractivity contribution is 9.10. The summed E-state index contributed by atoms with van der Waals surface area (Å²) >= 11 is 3.47. The molecule has 126 valence electrons. The molecule has 0 spiro atoms. The first-order valence-corrected chi connectivity index (χ1v) is 8.82. The zero-order chi connectivity index (χ0) is 17.5. The molecule has 3 rings (SSSR count). The van der Waals surface area contributed by atoms with Gasteiger partial charge >= 0.3 is 0 Å². The van der Waals surface area contributed by atoms with Crippen molar-refractivity contribution in [1.82, 2.24) is 4.57 Å². The average Bonchev–Trinajstić information content (AvgIpc) is 3.35. The molecule has 0 bridgehead atoms. The van der Waals surface area contributed by atoms with Crippen LogP contribution >= 0.6 is 15.9 Å². The molecule has 0 amide bonds. The maximum Gasteiger partial charge on any atom is 0.138 e. The number of aliphatic hydroxyl groups is 1. The summed E-state index contributed by atoms with van der Waals surface area (Å²) in [5, 5.41) is 19.3. The van der Waals surface area contributed by atoms with E-state index in [-0.39, 0.29) is 5.41 Å². The van der Waals surface area contributed by atoms with Crippen molar-refractivity contribution in [3.63, 3.8) is 0 Å². The number of hydrogen-bond acceptors (Lipinski definition) is 3. The standard InChI is InChI=1S/C19H22BrN3O/c1-18(2,24)15-5-4-12-23(16(15)22-3)17(21)19(10-11-19)13-6-8-14(20)9-7-13/h4-9,12,21,24H,10-11H2,1-3H3/b21-17?,22-16-. The van der Waals surface area contributed by atoms with Crippen LogP contribution in [0.25, 0.3) is 0 Å². The first kappa shape index (κ1) is 17.1. The fourth-order valence-corrected chi connectivity index (χ4v) is 3.44. The number of nitrogens with zero attached hydrogens (tertiary/aromatic N) is 2. The first-order chi connectivity index (χ1) is 11.3. The van der Waals surface area contributed by atoms with Crippen LogP contribution in [0.3, 0.4) is 0 Å². The van der Waals surface area contributed by atoms with E-state index in [1.807, 2.05) is 35.0 Å². The van der Waals surface area contributed by atoms with Crippen LogP contribution in [0.1, 0.15) is 37.8 Å². The van der Waals surface area contributed by atoms with E-state index in [9.17, 15) is 5.11 Å². The molecule has 0 saturated heterocycles. The molecule has 1 aliphatic carbocycles. The highest BCUT2D eigenvalue weighted by atomic mass is 79.9. The molecule has 5 heteroatoms. The molecule has 0 radical (unpaired) electrons. The monoisotopic (exact) mass is 387 g/mol. The van der Waals surface area contributed by atoms with E-state index >= 15 is 0 Å². The van der Waals surface area contributed by atoms with Crippen molar-refractivity contribution < 1.29 is 5.11 Å². The van der Waals surface area contributed by atoms with Gasteiger partial charge in [-0.2, -0.15) is 0 Å². The Morgan fingerprint density at radius 2 is 1.88 bits per heavy atom. The molecule has 1 fully saturated rings. The third kappa shape index (κ3) is 2.87. The predicted molar refractivity (Wildman–Crippen MR) is 99.3 cm³/mol. The van der Waals surface area contributed by atoms with Crippen molar-refractivity contribution in [1.29, 1.82) is 5.41 Å². The largest absolute Gasteiger partial charge is 0.386 e. The summed E-state index contributed by atoms with van der Waals surface area (Å²) in [6, 6.07) is 11.9. The van der Waals surface area contributed by atoms with E-state index < -0.39 is 5.60 Å². The summed E-state index contributed by atoms with van der Waals surface area (Å²) in [6.07, 6.45) is 3.77. The third-order valence-electron chi connectivity index (χ3n) is 4.68. The fraction of sp³-hybridized carbons (Fsp3) is 0.368. The lowest BCUT2D eigenvalue weighted by molar-refractivity contribution is 0.0765. The smallest absolute Gasteiger partial charge is 0.138 e. The van der Waals surface area contributed by atoms with Crippen LogP contribution in [-0.2, 0) is 11.0 Å². The first-order valence-electron chi connectivity index (χ1n) is 8.02. The molecule has 1 aromatic heterocycles. The zero-order valence-electron chi connectivity index (χ0n) is 14.2. The van der Waals surface area contributed by atoms with Crippen molar-refractivity contribution in [2.24, 2.45) is 4.99 Å². The summed E-state index contributed by atoms with van der Waals surface area (Å²) < 4.78 is 2.84. The van der Waals surface area contributed by atoms with Crippen LogP contribution in [0.2, 0.25) is 0 Å². The molecule has 1 aliphatic rings. The predicted octanol–water partition coefficient (Wildman–Crippen LogP) is 3.57. The highest BCUT2D eigenvalue weighted by Crippen LogP contribution is 2.49. The number of halogens is 1. The SMILES string of the molecule is C/N=c1/c(C(C)(C)O)cccn1C(=N)C1(c2ccc(Br)cc2)CC1. The Morgan fingerprint density at radius 1 is 1.25 bits per heavy atom. The van der Waals surface area contributed by atoms with E-state index in [2.05, 4.69) is 33.1 Å². The topological polar surface area (TPSA) is 61.4 Å². The van der Waals surface area contributed by atoms with E-state index in [1.54, 1.807) is 20.9 Å². The summed E-state index contributed by atoms with van der Waals surface area (Å²) in [5.74, 6) is 0.511. The molecule has 2 aromatic rings. The Morgan fingerprint density at radius 3 is 2.38 bits per heavy atom. The summed E-state index contributed by atoms with van der Waals surface area (Å²) in [4.78, 5) is 4.36. The lowest BCUT2D eigenvalue weighted by atomic mass is 9.93. The average molecular weight is 388 g/mol. The Balaban J connectivity index is 2.10. The van der Waals surface area contributed by atoms with Gasteiger partial charge in [-0.25, -0.2) is 0 Å². The molecule has 2 N–H and O–H groups in total. The Hall–Kier alpha value is -1.72. The van der Waals surface area contributed by atoms with Gasteiger partial charge in [-0.05, 0) is 50.5 Å². The van der Waals surface area contributed by atoms with Crippen molar-refractivity contribution in [3.05, 3.63) is 63.7 Å². The van der Waals surface area contributed by atoms with Crippen molar-refractivity contribution in [3.8, 4) is 0 Å². The maximum absolute atomic E-state index is 10.4. The number of pyridine rings is 1. The molecular weight excluding hydrogens is 366 g/mol. The normalized spacial score (nSPS) is 17.0. The van der Waals surface area contributed by atoms with Crippen molar-refractivity contribution >= 4 is 21.8 Å². The second-order valence-electron chi connectivity index (χ2n) is 6.84. The van der Waals surface area contributed by atoms with Gasteiger partial charge in [0.15, 0.2) is 0 Å². The summed E-state index contributed by atoms with van der Waals surface area (Å²) in [6.45, 7) is 3.49. The Bertz CT molecular complexity index is 840. The van der Waals surface area contributed by atoms with Crippen molar-refractivity contribution in [2.45, 2.75) is 37.7 Å². The number of rotatable bonds is 3. The van der Waals surface area contributed by atoms with Gasteiger partial charge in [-0.15, -0.1) is 0 Å². The van der Waals surface area contributed by atoms with Crippen LogP contribution in [0.4, 0.5) is 0 Å². The summed E-state index contributed by atoms with van der Waals surface area (Å²) in [7, 11) is 1.70. The third-order valence-corrected chi connectivity index (χ3v) is 5.21. The molecule has 0 atom stereocenters. The zero-order valence-corrected chi connectivity index (χ0v) is 15.8. The van der Waals surface area contributed by atoms with Crippen LogP contribution in [-0.4, -0.2) is 22.6 Å². The Kier molecular flexibility index (Phi) is 4.26. The van der Waals surface area contributed by atoms with E-state index in [1.165, 1.54) is 0 Å². The van der Waals surface area contributed by atoms with Gasteiger partial charge in [0.2, 0.25) is 0 Å². The Labute approximate surface area is 150 Å². The quantitative estimate of drug-likeness (QED) is 0.613. The van der Waals surface area contributed by atoms with Crippen molar-refractivity contribution in [2.75, 3.05) is 7.05 Å². The minimum absolute atomic E-state index is 0.261. The van der Waals surface area contributed by atoms with E-state index in [0.717, 1.165) is 28.4 Å². The van der Waals surface area contributed by atoms with Gasteiger partial charge in [0.05, 0.1) is 11.0 Å². The fourth-order valence-electron chi connectivity index (χ4n) is 3.17. The minimum atomic E-state index is -1.01. The number of nitrogens with one attached hydrogen (secondary N) is 1. The molecule has 24 heavy (non-hydrogen) atoms. The second kappa shape index (κ2) is 5.97. The lowest BCUT2D eigenvalue weighted by Crippen LogP contribution is -2.39. The highest BCUT2D eigenvalue weighted by Gasteiger charge is 2.49. The van der Waals surface area contributed by atoms with Gasteiger partial charge < -0.3 is 5.11 Å². The maximum atomic E-state index is 10.4. The van der Waals surface area contributed by atoms with Gasteiger partial charge in [0.1, 0.15) is 11.3 Å². The van der Waals surface area contributed by atoms with Crippen LogP contribution in [0, 0.1) is 5.41 Å². The van der Waals surface area contributed by atoms with Gasteiger partial charge in [-0.1, -0.05) is 34.1 Å². The second-order valence-corrected chi connectivity index (χ2v) is 7.75. The van der Waals surface area contributed by atoms with Gasteiger partial charge in [0, 0.05) is 23.3 Å². The number of aromatic nitrogens is 1. The van der Waals surface area contributed by atoms with Gasteiger partial charge in [0.25, 0.3) is 0 Å². The van der Waals surface area contributed by atoms with Gasteiger partial charge in [-0.3, -0.25) is 15.0 Å². The molecule has 0 unspecified atom stereocenters. The van der Waals surface area contributed by atoms with E-state index in [4.69, 9.17) is 5.41 Å². The van der Waals surface area contributed by atoms with Crippen LogP contribution < -0.4 is 5.49 Å². The van der Waals surface area contributed by atoms with Crippen LogP contribution in [0.5, 0.6) is 0 Å². The molecular formula is C19H22BrN3O. The molecule has 1 saturated carbocycles. The molecule has 1 heterocycles. The molecule has 4 nitrogen and oxygen atoms in total. The lowest BCUT2D eigenvalue weighted by Gasteiger charge is -2.24. The minimum Gasteiger partial charge on any atom is -0.386 e.